The van der Waals surface area contributed by atoms with Gasteiger partial charge in [-0.3, -0.25) is 9.59 Å². The average Bonchev–Trinajstić information content (AvgIpc) is 3.36. The van der Waals surface area contributed by atoms with Gasteiger partial charge in [0.2, 0.25) is 5.91 Å². The number of carbonyl (C=O) groups is 1. The molecule has 1 saturated heterocycles. The fraction of sp³-hybridized carbons (Fsp3) is 0.400. The molecule has 8 heteroatoms. The average molecular weight is 485 g/mol. The van der Waals surface area contributed by atoms with Crippen molar-refractivity contribution in [3.05, 3.63) is 73.7 Å². The number of thiophene rings is 1. The molecule has 0 saturated carbocycles. The number of amides is 1. The van der Waals surface area contributed by atoms with Crippen LogP contribution in [0.15, 0.2) is 52.6 Å². The largest absolute Gasteiger partial charge is 0.355 e. The molecule has 1 atom stereocenters. The lowest BCUT2D eigenvalue weighted by Crippen LogP contribution is -2.42. The van der Waals surface area contributed by atoms with Crippen LogP contribution in [0.1, 0.15) is 49.1 Å². The molecule has 2 aromatic heterocycles. The van der Waals surface area contributed by atoms with Crippen LogP contribution in [-0.2, 0) is 4.79 Å². The first-order chi connectivity index (χ1) is 16.0. The number of aromatic nitrogens is 2. The molecule has 0 bridgehead atoms. The number of carbonyl (C=O) groups excluding carboxylic acids is 1. The summed E-state index contributed by atoms with van der Waals surface area (Å²) in [6.07, 6.45) is 3.48. The van der Waals surface area contributed by atoms with Crippen LogP contribution in [0.4, 0.5) is 5.82 Å². The summed E-state index contributed by atoms with van der Waals surface area (Å²) in [5, 5.41) is 10.5. The van der Waals surface area contributed by atoms with Gasteiger partial charge in [0.1, 0.15) is 5.82 Å². The van der Waals surface area contributed by atoms with Gasteiger partial charge >= 0.3 is 0 Å². The second kappa shape index (κ2) is 10.5. The molecule has 1 fully saturated rings. The first-order valence-electron chi connectivity index (χ1n) is 11.4. The van der Waals surface area contributed by atoms with Gasteiger partial charge in [-0.1, -0.05) is 37.1 Å². The molecule has 4 rings (SSSR count). The third-order valence-electron chi connectivity index (χ3n) is 6.16. The van der Waals surface area contributed by atoms with Crippen molar-refractivity contribution in [2.24, 2.45) is 5.92 Å². The zero-order valence-electron chi connectivity index (χ0n) is 19.0. The van der Waals surface area contributed by atoms with E-state index >= 15 is 0 Å². The SMILES string of the molecule is CCCC(NC(=O)C1CCN(c2ccc(=O)n(-c3ccc(C)c(Cl)c3)n2)CC1)c1cccs1. The number of halogens is 1. The predicted octanol–water partition coefficient (Wildman–Crippen LogP) is 5.13. The van der Waals surface area contributed by atoms with Crippen molar-refractivity contribution in [2.75, 3.05) is 18.0 Å². The number of rotatable bonds is 7. The molecular formula is C25H29ClN4O2S. The van der Waals surface area contributed by atoms with Gasteiger partial charge in [0.25, 0.3) is 5.56 Å². The minimum atomic E-state index is -0.205. The van der Waals surface area contributed by atoms with Gasteiger partial charge in [-0.25, -0.2) is 0 Å². The molecule has 1 aromatic carbocycles. The second-order valence-electron chi connectivity index (χ2n) is 8.50. The summed E-state index contributed by atoms with van der Waals surface area (Å²) in [6, 6.07) is 13.0. The number of hydrogen-bond donors (Lipinski definition) is 1. The molecule has 0 spiro atoms. The molecule has 1 amide bonds. The maximum absolute atomic E-state index is 13.0. The van der Waals surface area contributed by atoms with Crippen molar-refractivity contribution in [1.29, 1.82) is 0 Å². The van der Waals surface area contributed by atoms with Crippen LogP contribution in [0.5, 0.6) is 0 Å². The highest BCUT2D eigenvalue weighted by Crippen LogP contribution is 2.26. The molecule has 1 aliphatic heterocycles. The van der Waals surface area contributed by atoms with Crippen molar-refractivity contribution in [2.45, 2.75) is 45.6 Å². The second-order valence-corrected chi connectivity index (χ2v) is 9.89. The number of piperidine rings is 1. The van der Waals surface area contributed by atoms with Crippen molar-refractivity contribution in [3.8, 4) is 5.69 Å². The Kier molecular flexibility index (Phi) is 7.50. The van der Waals surface area contributed by atoms with E-state index < -0.39 is 0 Å². The Labute approximate surface area is 203 Å². The topological polar surface area (TPSA) is 67.2 Å². The Morgan fingerprint density at radius 1 is 1.24 bits per heavy atom. The van der Waals surface area contributed by atoms with Crippen molar-refractivity contribution in [1.82, 2.24) is 15.1 Å². The van der Waals surface area contributed by atoms with Gasteiger partial charge in [0, 0.05) is 35.0 Å². The Bertz CT molecular complexity index is 1150. The highest BCUT2D eigenvalue weighted by Gasteiger charge is 2.28. The summed E-state index contributed by atoms with van der Waals surface area (Å²) >= 11 is 7.94. The van der Waals surface area contributed by atoms with E-state index in [0.29, 0.717) is 10.7 Å². The van der Waals surface area contributed by atoms with Crippen LogP contribution < -0.4 is 15.8 Å². The lowest BCUT2D eigenvalue weighted by Gasteiger charge is -2.33. The summed E-state index contributed by atoms with van der Waals surface area (Å²) < 4.78 is 1.38. The number of aryl methyl sites for hydroxylation is 1. The fourth-order valence-corrected chi connectivity index (χ4v) is 5.18. The minimum Gasteiger partial charge on any atom is -0.355 e. The number of anilines is 1. The van der Waals surface area contributed by atoms with Crippen LogP contribution in [0.2, 0.25) is 5.02 Å². The standard InChI is InChI=1S/C25H29ClN4O2S/c1-3-5-21(22-6-4-15-33-22)27-25(32)18-11-13-29(14-12-18)23-9-10-24(31)30(28-23)19-8-7-17(2)20(26)16-19/h4,6-10,15-16,18,21H,3,5,11-14H2,1-2H3,(H,27,32). The number of nitrogens with zero attached hydrogens (tertiary/aromatic N) is 3. The number of hydrogen-bond acceptors (Lipinski definition) is 5. The van der Waals surface area contributed by atoms with Gasteiger partial charge in [-0.05, 0) is 61.4 Å². The molecule has 0 radical (unpaired) electrons. The summed E-state index contributed by atoms with van der Waals surface area (Å²) in [7, 11) is 0. The first kappa shape index (κ1) is 23.5. The molecule has 6 nitrogen and oxygen atoms in total. The molecule has 1 N–H and O–H groups in total. The van der Waals surface area contributed by atoms with E-state index in [1.807, 2.05) is 25.1 Å². The van der Waals surface area contributed by atoms with Crippen LogP contribution in [0.25, 0.3) is 5.69 Å². The van der Waals surface area contributed by atoms with Crippen LogP contribution >= 0.6 is 22.9 Å². The molecular weight excluding hydrogens is 456 g/mol. The fourth-order valence-electron chi connectivity index (χ4n) is 4.19. The van der Waals surface area contributed by atoms with E-state index in [4.69, 9.17) is 11.6 Å². The van der Waals surface area contributed by atoms with E-state index in [1.54, 1.807) is 23.5 Å². The van der Waals surface area contributed by atoms with Gasteiger partial charge in [0.15, 0.2) is 0 Å². The zero-order chi connectivity index (χ0) is 23.4. The van der Waals surface area contributed by atoms with E-state index in [9.17, 15) is 9.59 Å². The molecule has 174 valence electrons. The lowest BCUT2D eigenvalue weighted by molar-refractivity contribution is -0.126. The molecule has 33 heavy (non-hydrogen) atoms. The Balaban J connectivity index is 1.42. The van der Waals surface area contributed by atoms with Crippen molar-refractivity contribution in [3.63, 3.8) is 0 Å². The highest BCUT2D eigenvalue weighted by molar-refractivity contribution is 7.10. The molecule has 1 unspecified atom stereocenters. The number of benzene rings is 1. The van der Waals surface area contributed by atoms with Crippen LogP contribution in [-0.4, -0.2) is 28.8 Å². The summed E-state index contributed by atoms with van der Waals surface area (Å²) in [6.45, 7) is 5.50. The molecule has 3 aromatic rings. The Morgan fingerprint density at radius 3 is 2.70 bits per heavy atom. The van der Waals surface area contributed by atoms with Crippen molar-refractivity contribution >= 4 is 34.7 Å². The maximum atomic E-state index is 13.0. The summed E-state index contributed by atoms with van der Waals surface area (Å²) in [5.41, 5.74) is 1.39. The smallest absolute Gasteiger partial charge is 0.271 e. The Hall–Kier alpha value is -2.64. The lowest BCUT2D eigenvalue weighted by atomic mass is 9.95. The van der Waals surface area contributed by atoms with E-state index in [1.165, 1.54) is 15.6 Å². The highest BCUT2D eigenvalue weighted by atomic mass is 35.5. The number of nitrogens with one attached hydrogen (secondary N) is 1. The maximum Gasteiger partial charge on any atom is 0.271 e. The third kappa shape index (κ3) is 5.47. The minimum absolute atomic E-state index is 0.0117. The van der Waals surface area contributed by atoms with Gasteiger partial charge in [-0.15, -0.1) is 16.4 Å². The van der Waals surface area contributed by atoms with E-state index in [-0.39, 0.29) is 23.4 Å². The van der Waals surface area contributed by atoms with E-state index in [0.717, 1.165) is 50.2 Å². The summed E-state index contributed by atoms with van der Waals surface area (Å²) in [4.78, 5) is 28.7. The molecule has 3 heterocycles. The third-order valence-corrected chi connectivity index (χ3v) is 7.55. The first-order valence-corrected chi connectivity index (χ1v) is 12.7. The van der Waals surface area contributed by atoms with Gasteiger partial charge in [-0.2, -0.15) is 4.68 Å². The van der Waals surface area contributed by atoms with Crippen molar-refractivity contribution < 1.29 is 4.79 Å². The quantitative estimate of drug-likeness (QED) is 0.504. The summed E-state index contributed by atoms with van der Waals surface area (Å²) in [5.74, 6) is 0.851. The zero-order valence-corrected chi connectivity index (χ0v) is 20.5. The monoisotopic (exact) mass is 484 g/mol. The van der Waals surface area contributed by atoms with Crippen LogP contribution in [0.3, 0.4) is 0 Å². The van der Waals surface area contributed by atoms with Crippen LogP contribution in [0, 0.1) is 12.8 Å². The van der Waals surface area contributed by atoms with Gasteiger partial charge in [0.05, 0.1) is 11.7 Å². The Morgan fingerprint density at radius 2 is 2.03 bits per heavy atom. The normalized spacial score (nSPS) is 15.4. The van der Waals surface area contributed by atoms with E-state index in [2.05, 4.69) is 33.7 Å². The predicted molar refractivity (Wildman–Crippen MR) is 135 cm³/mol. The van der Waals surface area contributed by atoms with Gasteiger partial charge < -0.3 is 10.2 Å². The molecule has 0 aliphatic carbocycles. The molecule has 1 aliphatic rings.